The second kappa shape index (κ2) is 6.75. The summed E-state index contributed by atoms with van der Waals surface area (Å²) in [5, 5.41) is 17.9. The third-order valence-corrected chi connectivity index (χ3v) is 2.38. The summed E-state index contributed by atoms with van der Waals surface area (Å²) in [6.45, 7) is 6.79. The highest BCUT2D eigenvalue weighted by molar-refractivity contribution is 5.59. The highest BCUT2D eigenvalue weighted by atomic mass is 16.6. The molecule has 1 rings (SSSR count). The van der Waals surface area contributed by atoms with E-state index in [9.17, 15) is 10.1 Å². The third-order valence-electron chi connectivity index (χ3n) is 2.38. The molecule has 0 saturated heterocycles. The average molecular weight is 254 g/mol. The van der Waals surface area contributed by atoms with Crippen molar-refractivity contribution in [2.45, 2.75) is 13.3 Å². The first-order valence-electron chi connectivity index (χ1n) is 5.68. The van der Waals surface area contributed by atoms with E-state index >= 15 is 0 Å². The van der Waals surface area contributed by atoms with Crippen LogP contribution < -0.4 is 5.32 Å². The van der Waals surface area contributed by atoms with Gasteiger partial charge in [-0.3, -0.25) is 10.1 Å². The number of hydrogen-bond donors (Lipinski definition) is 1. The summed E-state index contributed by atoms with van der Waals surface area (Å²) in [5.41, 5.74) is 0.418. The minimum Gasteiger partial charge on any atom is -0.379 e. The van der Waals surface area contributed by atoms with Crippen LogP contribution in [0.25, 0.3) is 0 Å². The topological polar surface area (TPSA) is 82.2 Å². The van der Waals surface area contributed by atoms with Crippen molar-refractivity contribution < 1.29 is 9.66 Å². The Balaban J connectivity index is 2.51. The van der Waals surface area contributed by atoms with Crippen LogP contribution in [0.4, 0.5) is 11.5 Å². The molecule has 0 aliphatic rings. The molecule has 7 heteroatoms. The number of aryl methyl sites for hydroxylation is 2. The first kappa shape index (κ1) is 14.2. The van der Waals surface area contributed by atoms with Crippen LogP contribution in [0.5, 0.6) is 0 Å². The number of hydrogen-bond acceptors (Lipinski definition) is 5. The summed E-state index contributed by atoms with van der Waals surface area (Å²) in [6.07, 6.45) is 2.58. The molecule has 0 aromatic carbocycles. The summed E-state index contributed by atoms with van der Waals surface area (Å²) in [5.74, 6) is 0.407. The fourth-order valence-corrected chi connectivity index (χ4v) is 1.57. The lowest BCUT2D eigenvalue weighted by Gasteiger charge is -2.06. The van der Waals surface area contributed by atoms with Crippen LogP contribution in [-0.4, -0.2) is 34.5 Å². The predicted molar refractivity (Wildman–Crippen MR) is 68.7 cm³/mol. The molecular formula is C11H18N4O3. The summed E-state index contributed by atoms with van der Waals surface area (Å²) in [6, 6.07) is 0. The molecule has 18 heavy (non-hydrogen) atoms. The van der Waals surface area contributed by atoms with Crippen molar-refractivity contribution >= 4 is 11.5 Å². The molecule has 0 atom stereocenters. The second-order valence-corrected chi connectivity index (χ2v) is 3.78. The van der Waals surface area contributed by atoms with Crippen molar-refractivity contribution in [2.24, 2.45) is 7.05 Å². The summed E-state index contributed by atoms with van der Waals surface area (Å²) in [7, 11) is 1.67. The van der Waals surface area contributed by atoms with E-state index in [-0.39, 0.29) is 5.69 Å². The third kappa shape index (κ3) is 3.56. The van der Waals surface area contributed by atoms with Gasteiger partial charge in [0.15, 0.2) is 0 Å². The molecule has 1 N–H and O–H groups in total. The Morgan fingerprint density at radius 1 is 1.61 bits per heavy atom. The van der Waals surface area contributed by atoms with Crippen molar-refractivity contribution in [3.8, 4) is 0 Å². The molecule has 0 fully saturated rings. The van der Waals surface area contributed by atoms with Crippen LogP contribution in [0, 0.1) is 17.0 Å². The Bertz CT molecular complexity index is 428. The number of anilines is 1. The lowest BCUT2D eigenvalue weighted by atomic mass is 10.4. The maximum atomic E-state index is 10.9. The van der Waals surface area contributed by atoms with Gasteiger partial charge in [-0.2, -0.15) is 5.10 Å². The number of aromatic nitrogens is 2. The summed E-state index contributed by atoms with van der Waals surface area (Å²) >= 11 is 0. The first-order chi connectivity index (χ1) is 8.57. The van der Waals surface area contributed by atoms with E-state index in [2.05, 4.69) is 17.0 Å². The molecule has 0 aliphatic carbocycles. The number of ether oxygens (including phenoxy) is 1. The van der Waals surface area contributed by atoms with E-state index in [1.54, 1.807) is 20.0 Å². The van der Waals surface area contributed by atoms with Gasteiger partial charge in [-0.15, -0.1) is 6.58 Å². The van der Waals surface area contributed by atoms with Crippen molar-refractivity contribution in [2.75, 3.05) is 25.1 Å². The van der Waals surface area contributed by atoms with Crippen molar-refractivity contribution in [1.82, 2.24) is 9.78 Å². The predicted octanol–water partition coefficient (Wildman–Crippen LogP) is 1.64. The molecule has 0 amide bonds. The molecule has 0 bridgehead atoms. The van der Waals surface area contributed by atoms with E-state index in [0.29, 0.717) is 31.3 Å². The molecule has 0 unspecified atom stereocenters. The largest absolute Gasteiger partial charge is 0.379 e. The Morgan fingerprint density at radius 2 is 2.33 bits per heavy atom. The minimum atomic E-state index is -0.427. The molecule has 1 heterocycles. The Morgan fingerprint density at radius 3 is 2.94 bits per heavy atom. The van der Waals surface area contributed by atoms with Gasteiger partial charge in [0.1, 0.15) is 5.69 Å². The smallest absolute Gasteiger partial charge is 0.333 e. The number of nitrogens with zero attached hydrogens (tertiary/aromatic N) is 3. The van der Waals surface area contributed by atoms with Crippen LogP contribution in [0.1, 0.15) is 12.1 Å². The lowest BCUT2D eigenvalue weighted by molar-refractivity contribution is -0.384. The van der Waals surface area contributed by atoms with Crippen LogP contribution >= 0.6 is 0 Å². The SMILES string of the molecule is C=CCCOCCNc1c([N+](=O)[O-])c(C)nn1C. The molecular weight excluding hydrogens is 236 g/mol. The van der Waals surface area contributed by atoms with Gasteiger partial charge in [0.25, 0.3) is 0 Å². The fourth-order valence-electron chi connectivity index (χ4n) is 1.57. The molecule has 0 saturated carbocycles. The highest BCUT2D eigenvalue weighted by Crippen LogP contribution is 2.26. The van der Waals surface area contributed by atoms with Crippen molar-refractivity contribution in [3.63, 3.8) is 0 Å². The van der Waals surface area contributed by atoms with E-state index in [4.69, 9.17) is 4.74 Å². The standard InChI is InChI=1S/C11H18N4O3/c1-4-5-7-18-8-6-12-11-10(15(16)17)9(2)13-14(11)3/h4,12H,1,5-8H2,2-3H3. The van der Waals surface area contributed by atoms with Gasteiger partial charge in [-0.05, 0) is 13.3 Å². The number of rotatable bonds is 8. The summed E-state index contributed by atoms with van der Waals surface area (Å²) in [4.78, 5) is 10.5. The Hall–Kier alpha value is -1.89. The first-order valence-corrected chi connectivity index (χ1v) is 5.68. The number of nitrogens with one attached hydrogen (secondary N) is 1. The van der Waals surface area contributed by atoms with E-state index < -0.39 is 4.92 Å². The van der Waals surface area contributed by atoms with Crippen LogP contribution in [0.2, 0.25) is 0 Å². The highest BCUT2D eigenvalue weighted by Gasteiger charge is 2.23. The van der Waals surface area contributed by atoms with Crippen LogP contribution in [0.3, 0.4) is 0 Å². The quantitative estimate of drug-likeness (QED) is 0.330. The van der Waals surface area contributed by atoms with Gasteiger partial charge >= 0.3 is 5.69 Å². The van der Waals surface area contributed by atoms with E-state index in [0.717, 1.165) is 6.42 Å². The molecule has 1 aromatic rings. The average Bonchev–Trinajstić information content (AvgIpc) is 2.58. The maximum absolute atomic E-state index is 10.9. The summed E-state index contributed by atoms with van der Waals surface area (Å²) < 4.78 is 6.78. The van der Waals surface area contributed by atoms with Gasteiger partial charge < -0.3 is 10.1 Å². The second-order valence-electron chi connectivity index (χ2n) is 3.78. The molecule has 1 aromatic heterocycles. The van der Waals surface area contributed by atoms with E-state index in [1.807, 2.05) is 0 Å². The van der Waals surface area contributed by atoms with Crippen molar-refractivity contribution in [1.29, 1.82) is 0 Å². The fraction of sp³-hybridized carbons (Fsp3) is 0.545. The monoisotopic (exact) mass is 254 g/mol. The lowest BCUT2D eigenvalue weighted by Crippen LogP contribution is -2.13. The van der Waals surface area contributed by atoms with E-state index in [1.165, 1.54) is 4.68 Å². The zero-order chi connectivity index (χ0) is 13.5. The Labute approximate surface area is 106 Å². The van der Waals surface area contributed by atoms with Crippen LogP contribution in [-0.2, 0) is 11.8 Å². The Kier molecular flexibility index (Phi) is 5.31. The van der Waals surface area contributed by atoms with Gasteiger partial charge in [0, 0.05) is 13.6 Å². The molecule has 0 spiro atoms. The minimum absolute atomic E-state index is 0.0172. The maximum Gasteiger partial charge on any atom is 0.333 e. The normalized spacial score (nSPS) is 10.3. The van der Waals surface area contributed by atoms with Crippen molar-refractivity contribution in [3.05, 3.63) is 28.5 Å². The molecule has 100 valence electrons. The van der Waals surface area contributed by atoms with Crippen LogP contribution in [0.15, 0.2) is 12.7 Å². The van der Waals surface area contributed by atoms with Gasteiger partial charge in [-0.25, -0.2) is 4.68 Å². The zero-order valence-corrected chi connectivity index (χ0v) is 10.7. The molecule has 7 nitrogen and oxygen atoms in total. The van der Waals surface area contributed by atoms with Gasteiger partial charge in [0.05, 0.1) is 18.1 Å². The number of nitro groups is 1. The molecule has 0 radical (unpaired) electrons. The molecule has 0 aliphatic heterocycles. The zero-order valence-electron chi connectivity index (χ0n) is 10.7. The van der Waals surface area contributed by atoms with Gasteiger partial charge in [-0.1, -0.05) is 6.08 Å². The van der Waals surface area contributed by atoms with Gasteiger partial charge in [0.2, 0.25) is 5.82 Å².